The van der Waals surface area contributed by atoms with Crippen molar-refractivity contribution < 1.29 is 19.1 Å². The second-order valence-corrected chi connectivity index (χ2v) is 7.10. The molecule has 1 N–H and O–H groups in total. The van der Waals surface area contributed by atoms with Gasteiger partial charge in [-0.25, -0.2) is 0 Å². The number of carbonyl (C=O) groups is 2. The van der Waals surface area contributed by atoms with Gasteiger partial charge >= 0.3 is 0 Å². The minimum atomic E-state index is -0.680. The second-order valence-electron chi connectivity index (χ2n) is 6.18. The van der Waals surface area contributed by atoms with Gasteiger partial charge < -0.3 is 19.7 Å². The summed E-state index contributed by atoms with van der Waals surface area (Å²) < 4.78 is 11.5. The van der Waals surface area contributed by atoms with Crippen molar-refractivity contribution in [3.63, 3.8) is 0 Å². The number of carbonyl (C=O) groups excluding carboxylic acids is 2. The summed E-state index contributed by atoms with van der Waals surface area (Å²) in [5.41, 5.74) is 1.58. The van der Waals surface area contributed by atoms with Gasteiger partial charge in [-0.15, -0.1) is 0 Å². The zero-order valence-corrected chi connectivity index (χ0v) is 16.8. The Morgan fingerprint density at radius 1 is 1.22 bits per heavy atom. The van der Waals surface area contributed by atoms with Crippen LogP contribution in [0.1, 0.15) is 12.0 Å². The summed E-state index contributed by atoms with van der Waals surface area (Å²) in [6, 6.07) is 13.0. The molecular weight excluding hydrogens is 412 g/mol. The summed E-state index contributed by atoms with van der Waals surface area (Å²) in [5.74, 6) is 0.0435. The number of nitrogens with one attached hydrogen (secondary N) is 1. The predicted octanol–water partition coefficient (Wildman–Crippen LogP) is 3.14. The molecule has 0 bridgehead atoms. The maximum absolute atomic E-state index is 12.7. The fourth-order valence-electron chi connectivity index (χ4n) is 3.22. The van der Waals surface area contributed by atoms with Gasteiger partial charge in [0.15, 0.2) is 11.5 Å². The van der Waals surface area contributed by atoms with Gasteiger partial charge in [-0.05, 0) is 30.7 Å². The molecule has 2 aromatic carbocycles. The maximum Gasteiger partial charge on any atom is 0.239 e. The molecule has 0 saturated carbocycles. The summed E-state index contributed by atoms with van der Waals surface area (Å²) in [4.78, 5) is 26.9. The molecule has 7 heteroatoms. The number of methoxy groups -OCH3 is 2. The van der Waals surface area contributed by atoms with Crippen molar-refractivity contribution >= 4 is 33.4 Å². The number of amides is 2. The smallest absolute Gasteiger partial charge is 0.239 e. The maximum atomic E-state index is 12.7. The van der Waals surface area contributed by atoms with Gasteiger partial charge in [0.2, 0.25) is 11.8 Å². The van der Waals surface area contributed by atoms with Crippen molar-refractivity contribution in [1.82, 2.24) is 5.32 Å². The summed E-state index contributed by atoms with van der Waals surface area (Å²) in [7, 11) is 3.12. The van der Waals surface area contributed by atoms with Gasteiger partial charge in [-0.2, -0.15) is 0 Å². The largest absolute Gasteiger partial charge is 0.493 e. The highest BCUT2D eigenvalue weighted by Gasteiger charge is 2.37. The molecule has 1 aliphatic rings. The number of para-hydroxylation sites is 1. The minimum absolute atomic E-state index is 0.178. The van der Waals surface area contributed by atoms with Gasteiger partial charge in [0, 0.05) is 28.8 Å². The van der Waals surface area contributed by atoms with E-state index in [2.05, 4.69) is 21.2 Å². The zero-order valence-electron chi connectivity index (χ0n) is 15.2. The molecule has 1 aliphatic heterocycles. The molecule has 1 heterocycles. The third-order valence-corrected chi connectivity index (χ3v) is 5.07. The molecular formula is C20H21BrN2O4. The normalized spacial score (nSPS) is 16.3. The third-order valence-electron chi connectivity index (χ3n) is 4.58. The first-order valence-electron chi connectivity index (χ1n) is 8.59. The molecule has 0 unspecified atom stereocenters. The van der Waals surface area contributed by atoms with Crippen LogP contribution < -0.4 is 19.7 Å². The molecule has 0 aliphatic carbocycles. The van der Waals surface area contributed by atoms with Crippen LogP contribution in [0.3, 0.4) is 0 Å². The van der Waals surface area contributed by atoms with Gasteiger partial charge in [0.05, 0.1) is 14.2 Å². The van der Waals surface area contributed by atoms with Crippen LogP contribution in [0.4, 0.5) is 5.69 Å². The van der Waals surface area contributed by atoms with Crippen molar-refractivity contribution in [2.24, 2.45) is 5.92 Å². The third kappa shape index (κ3) is 4.08. The topological polar surface area (TPSA) is 67.9 Å². The number of rotatable bonds is 6. The van der Waals surface area contributed by atoms with Crippen LogP contribution in [0.5, 0.6) is 11.5 Å². The van der Waals surface area contributed by atoms with E-state index in [0.717, 1.165) is 15.7 Å². The monoisotopic (exact) mass is 432 g/mol. The van der Waals surface area contributed by atoms with Crippen LogP contribution in [-0.4, -0.2) is 32.6 Å². The molecule has 0 radical (unpaired) electrons. The van der Waals surface area contributed by atoms with E-state index in [1.165, 1.54) is 0 Å². The van der Waals surface area contributed by atoms with Crippen molar-refractivity contribution in [1.29, 1.82) is 0 Å². The lowest BCUT2D eigenvalue weighted by molar-refractivity contribution is -0.132. The number of benzene rings is 2. The number of nitrogens with zero attached hydrogens (tertiary/aromatic N) is 1. The number of hydrogen-bond donors (Lipinski definition) is 1. The molecule has 0 spiro atoms. The van der Waals surface area contributed by atoms with Crippen molar-refractivity contribution in [3.05, 3.63) is 52.5 Å². The predicted molar refractivity (Wildman–Crippen MR) is 106 cm³/mol. The summed E-state index contributed by atoms with van der Waals surface area (Å²) in [6.45, 7) is 0.787. The molecule has 6 nitrogen and oxygen atoms in total. The molecule has 2 amide bonds. The molecule has 142 valence electrons. The Labute approximate surface area is 166 Å². The van der Waals surface area contributed by atoms with Crippen LogP contribution in [0, 0.1) is 5.92 Å². The SMILES string of the molecule is COc1cccc(CNC(=O)[C@H]2CCN(c3cccc(Br)c3)C2=O)c1OC. The average Bonchev–Trinajstić information content (AvgIpc) is 3.07. The number of hydrogen-bond acceptors (Lipinski definition) is 4. The Balaban J connectivity index is 1.67. The van der Waals surface area contributed by atoms with Gasteiger partial charge in [-0.3, -0.25) is 9.59 Å². The lowest BCUT2D eigenvalue weighted by atomic mass is 10.1. The van der Waals surface area contributed by atoms with E-state index in [0.29, 0.717) is 24.5 Å². The van der Waals surface area contributed by atoms with E-state index in [4.69, 9.17) is 9.47 Å². The number of ether oxygens (including phenoxy) is 2. The minimum Gasteiger partial charge on any atom is -0.493 e. The molecule has 1 atom stereocenters. The summed E-state index contributed by atoms with van der Waals surface area (Å²) in [5, 5.41) is 2.85. The van der Waals surface area contributed by atoms with E-state index in [1.54, 1.807) is 25.2 Å². The highest BCUT2D eigenvalue weighted by molar-refractivity contribution is 9.10. The Bertz CT molecular complexity index is 856. The molecule has 27 heavy (non-hydrogen) atoms. The fraction of sp³-hybridized carbons (Fsp3) is 0.300. The Kier molecular flexibility index (Phi) is 6.01. The van der Waals surface area contributed by atoms with Crippen molar-refractivity contribution in [3.8, 4) is 11.5 Å². The molecule has 2 aromatic rings. The quantitative estimate of drug-likeness (QED) is 0.711. The zero-order chi connectivity index (χ0) is 19.4. The van der Waals surface area contributed by atoms with Gasteiger partial charge in [0.1, 0.15) is 5.92 Å². The van der Waals surface area contributed by atoms with Crippen LogP contribution in [0.2, 0.25) is 0 Å². The highest BCUT2D eigenvalue weighted by Crippen LogP contribution is 2.31. The fourth-order valence-corrected chi connectivity index (χ4v) is 3.61. The number of halogens is 1. The number of anilines is 1. The van der Waals surface area contributed by atoms with E-state index < -0.39 is 5.92 Å². The van der Waals surface area contributed by atoms with Gasteiger partial charge in [0.25, 0.3) is 0 Å². The Morgan fingerprint density at radius 2 is 2.00 bits per heavy atom. The first-order valence-corrected chi connectivity index (χ1v) is 9.39. The molecule has 1 saturated heterocycles. The highest BCUT2D eigenvalue weighted by atomic mass is 79.9. The van der Waals surface area contributed by atoms with E-state index in [-0.39, 0.29) is 18.4 Å². The van der Waals surface area contributed by atoms with Crippen LogP contribution >= 0.6 is 15.9 Å². The standard InChI is InChI=1S/C20H21BrN2O4/c1-26-17-8-3-5-13(18(17)27-2)12-22-19(24)16-9-10-23(20(16)25)15-7-4-6-14(21)11-15/h3-8,11,16H,9-10,12H2,1-2H3,(H,22,24)/t16-/m1/s1. The van der Waals surface area contributed by atoms with E-state index in [9.17, 15) is 9.59 Å². The molecule has 3 rings (SSSR count). The Morgan fingerprint density at radius 3 is 2.70 bits per heavy atom. The van der Waals surface area contributed by atoms with Crippen LogP contribution in [-0.2, 0) is 16.1 Å². The van der Waals surface area contributed by atoms with Crippen LogP contribution in [0.25, 0.3) is 0 Å². The summed E-state index contributed by atoms with van der Waals surface area (Å²) in [6.07, 6.45) is 0.492. The average molecular weight is 433 g/mol. The molecule has 0 aromatic heterocycles. The summed E-state index contributed by atoms with van der Waals surface area (Å²) >= 11 is 3.41. The Hall–Kier alpha value is -2.54. The first-order chi connectivity index (χ1) is 13.0. The van der Waals surface area contributed by atoms with Crippen molar-refractivity contribution in [2.75, 3.05) is 25.7 Å². The van der Waals surface area contributed by atoms with Crippen molar-refractivity contribution in [2.45, 2.75) is 13.0 Å². The van der Waals surface area contributed by atoms with Gasteiger partial charge in [-0.1, -0.05) is 34.1 Å². The van der Waals surface area contributed by atoms with Crippen LogP contribution in [0.15, 0.2) is 46.9 Å². The first kappa shape index (κ1) is 19.2. The lowest BCUT2D eigenvalue weighted by Gasteiger charge is -2.17. The lowest BCUT2D eigenvalue weighted by Crippen LogP contribution is -2.36. The van der Waals surface area contributed by atoms with E-state index >= 15 is 0 Å². The molecule has 1 fully saturated rings. The van der Waals surface area contributed by atoms with E-state index in [1.807, 2.05) is 36.4 Å². The second kappa shape index (κ2) is 8.43.